The minimum atomic E-state index is -1.01. The number of benzene rings is 2. The van der Waals surface area contributed by atoms with Gasteiger partial charge < -0.3 is 10.1 Å². The number of carbonyl (C=O) groups is 2. The van der Waals surface area contributed by atoms with Gasteiger partial charge in [0.25, 0.3) is 5.91 Å². The zero-order chi connectivity index (χ0) is 26.0. The molecule has 0 saturated carbocycles. The first-order chi connectivity index (χ1) is 17.1. The number of nitrogens with one attached hydrogen (secondary N) is 1. The molecule has 0 spiro atoms. The van der Waals surface area contributed by atoms with Crippen LogP contribution in [0, 0.1) is 27.3 Å². The molecule has 0 saturated heterocycles. The summed E-state index contributed by atoms with van der Waals surface area (Å²) < 4.78 is 19.0. The van der Waals surface area contributed by atoms with Crippen molar-refractivity contribution in [3.8, 4) is 0 Å². The van der Waals surface area contributed by atoms with E-state index >= 15 is 0 Å². The molecule has 2 aromatic carbocycles. The van der Waals surface area contributed by atoms with Crippen LogP contribution < -0.4 is 5.32 Å². The molecule has 1 amide bonds. The van der Waals surface area contributed by atoms with Gasteiger partial charge in [-0.15, -0.1) is 0 Å². The van der Waals surface area contributed by atoms with Crippen molar-refractivity contribution in [2.75, 3.05) is 11.9 Å². The van der Waals surface area contributed by atoms with E-state index in [9.17, 15) is 24.1 Å². The lowest BCUT2D eigenvalue weighted by molar-refractivity contribution is -0.387. The number of amides is 1. The average molecular weight is 494 g/mol. The third kappa shape index (κ3) is 5.05. The van der Waals surface area contributed by atoms with E-state index in [1.807, 2.05) is 24.3 Å². The van der Waals surface area contributed by atoms with Gasteiger partial charge in [-0.1, -0.05) is 45.4 Å². The van der Waals surface area contributed by atoms with E-state index in [0.717, 1.165) is 42.7 Å². The smallest absolute Gasteiger partial charge is 0.339 e. The summed E-state index contributed by atoms with van der Waals surface area (Å²) in [5.41, 5.74) is 2.24. The predicted molar refractivity (Wildman–Crippen MR) is 133 cm³/mol. The second-order valence-electron chi connectivity index (χ2n) is 9.76. The van der Waals surface area contributed by atoms with Gasteiger partial charge >= 0.3 is 11.7 Å². The SMILES string of the molecule is CCC(C)(C)C1CCc2nc3ccccc3c(C(=O)OCC(=O)Nc3ccc(F)c([N+](=O)[O-])c3)c2C1. The molecule has 1 heterocycles. The molecular weight excluding hydrogens is 465 g/mol. The summed E-state index contributed by atoms with van der Waals surface area (Å²) >= 11 is 0. The average Bonchev–Trinajstić information content (AvgIpc) is 2.86. The Kier molecular flexibility index (Phi) is 7.01. The van der Waals surface area contributed by atoms with Crippen molar-refractivity contribution >= 4 is 34.2 Å². The first kappa shape index (κ1) is 25.2. The number of halogens is 1. The maximum Gasteiger partial charge on any atom is 0.339 e. The number of carbonyl (C=O) groups excluding carboxylic acids is 2. The summed E-state index contributed by atoms with van der Waals surface area (Å²) in [5.74, 6) is -1.95. The van der Waals surface area contributed by atoms with Crippen LogP contribution in [-0.2, 0) is 22.4 Å². The van der Waals surface area contributed by atoms with Crippen LogP contribution in [0.3, 0.4) is 0 Å². The van der Waals surface area contributed by atoms with Gasteiger partial charge in [-0.3, -0.25) is 19.9 Å². The van der Waals surface area contributed by atoms with Crippen LogP contribution in [0.1, 0.15) is 55.2 Å². The molecule has 0 aliphatic heterocycles. The number of aryl methyl sites for hydroxylation is 1. The second kappa shape index (κ2) is 10.0. The Balaban J connectivity index is 1.57. The molecule has 1 N–H and O–H groups in total. The highest BCUT2D eigenvalue weighted by Crippen LogP contribution is 2.41. The number of para-hydroxylation sites is 1. The van der Waals surface area contributed by atoms with Gasteiger partial charge in [0.05, 0.1) is 16.0 Å². The van der Waals surface area contributed by atoms with E-state index in [1.165, 1.54) is 6.07 Å². The molecule has 0 bridgehead atoms. The van der Waals surface area contributed by atoms with E-state index in [2.05, 4.69) is 26.1 Å². The monoisotopic (exact) mass is 493 g/mol. The van der Waals surface area contributed by atoms with Crippen LogP contribution in [-0.4, -0.2) is 28.4 Å². The van der Waals surface area contributed by atoms with Gasteiger partial charge in [-0.25, -0.2) is 4.79 Å². The van der Waals surface area contributed by atoms with Crippen LogP contribution >= 0.6 is 0 Å². The summed E-state index contributed by atoms with van der Waals surface area (Å²) in [6.45, 7) is 6.04. The lowest BCUT2D eigenvalue weighted by Gasteiger charge is -2.37. The molecule has 3 aromatic rings. The van der Waals surface area contributed by atoms with Gasteiger partial charge in [0.2, 0.25) is 5.82 Å². The molecule has 1 aliphatic carbocycles. The predicted octanol–water partition coefficient (Wildman–Crippen LogP) is 5.62. The summed E-state index contributed by atoms with van der Waals surface area (Å²) in [7, 11) is 0. The molecule has 0 radical (unpaired) electrons. The van der Waals surface area contributed by atoms with Crippen molar-refractivity contribution in [3.63, 3.8) is 0 Å². The number of esters is 1. The van der Waals surface area contributed by atoms with E-state index in [1.54, 1.807) is 0 Å². The fourth-order valence-corrected chi connectivity index (χ4v) is 4.71. The topological polar surface area (TPSA) is 111 Å². The number of pyridine rings is 1. The number of hydrogen-bond acceptors (Lipinski definition) is 6. The molecule has 1 unspecified atom stereocenters. The highest BCUT2D eigenvalue weighted by Gasteiger charge is 2.34. The number of nitro groups is 1. The fraction of sp³-hybridized carbons (Fsp3) is 0.370. The molecule has 1 atom stereocenters. The molecule has 36 heavy (non-hydrogen) atoms. The Morgan fingerprint density at radius 2 is 2.00 bits per heavy atom. The van der Waals surface area contributed by atoms with Gasteiger partial charge in [0.1, 0.15) is 0 Å². The zero-order valence-electron chi connectivity index (χ0n) is 20.5. The Labute approximate surface area is 208 Å². The Morgan fingerprint density at radius 3 is 2.72 bits per heavy atom. The van der Waals surface area contributed by atoms with Crippen LogP contribution in [0.5, 0.6) is 0 Å². The highest BCUT2D eigenvalue weighted by molar-refractivity contribution is 6.06. The number of anilines is 1. The molecule has 8 nitrogen and oxygen atoms in total. The van der Waals surface area contributed by atoms with Crippen molar-refractivity contribution < 1.29 is 23.6 Å². The van der Waals surface area contributed by atoms with Crippen molar-refractivity contribution in [1.29, 1.82) is 0 Å². The van der Waals surface area contributed by atoms with E-state index in [0.29, 0.717) is 28.8 Å². The number of hydrogen-bond donors (Lipinski definition) is 1. The molecule has 0 fully saturated rings. The maximum absolute atomic E-state index is 13.6. The maximum atomic E-state index is 13.6. The van der Waals surface area contributed by atoms with Crippen LogP contribution in [0.2, 0.25) is 0 Å². The largest absolute Gasteiger partial charge is 0.452 e. The van der Waals surface area contributed by atoms with Crippen LogP contribution in [0.4, 0.5) is 15.8 Å². The first-order valence-corrected chi connectivity index (χ1v) is 11.9. The van der Waals surface area contributed by atoms with E-state index in [4.69, 9.17) is 9.72 Å². The van der Waals surface area contributed by atoms with Crippen LogP contribution in [0.15, 0.2) is 42.5 Å². The van der Waals surface area contributed by atoms with Gasteiger partial charge in [-0.05, 0) is 54.4 Å². The highest BCUT2D eigenvalue weighted by atomic mass is 19.1. The van der Waals surface area contributed by atoms with Crippen LogP contribution in [0.25, 0.3) is 10.9 Å². The molecule has 9 heteroatoms. The standard InChI is InChI=1S/C27H28FN3O5/c1-4-27(2,3)16-9-12-22-19(13-16)25(18-7-5-6-8-21(18)30-22)26(33)36-15-24(32)29-17-10-11-20(28)23(14-17)31(34)35/h5-8,10-11,14,16H,4,9,12-13,15H2,1-3H3,(H,29,32). The minimum absolute atomic E-state index is 0.0283. The van der Waals surface area contributed by atoms with E-state index in [-0.39, 0.29) is 11.1 Å². The number of rotatable bonds is 7. The number of nitrogens with zero attached hydrogens (tertiary/aromatic N) is 2. The summed E-state index contributed by atoms with van der Waals surface area (Å²) in [5, 5.41) is 14.0. The quantitative estimate of drug-likeness (QED) is 0.260. The Hall–Kier alpha value is -3.88. The van der Waals surface area contributed by atoms with Crippen molar-refractivity contribution in [2.24, 2.45) is 11.3 Å². The third-order valence-corrected chi connectivity index (χ3v) is 7.24. The van der Waals surface area contributed by atoms with E-state index < -0.39 is 34.9 Å². The molecule has 4 rings (SSSR count). The second-order valence-corrected chi connectivity index (χ2v) is 9.76. The number of ether oxygens (including phenoxy) is 1. The number of fused-ring (bicyclic) bond motifs is 2. The first-order valence-electron chi connectivity index (χ1n) is 11.9. The molecular formula is C27H28FN3O5. The van der Waals surface area contributed by atoms with Gasteiger partial charge in [-0.2, -0.15) is 4.39 Å². The zero-order valence-corrected chi connectivity index (χ0v) is 20.5. The molecule has 1 aliphatic rings. The van der Waals surface area contributed by atoms with Crippen molar-refractivity contribution in [3.05, 3.63) is 75.2 Å². The Bertz CT molecular complexity index is 1350. The number of aromatic nitrogens is 1. The van der Waals surface area contributed by atoms with Gasteiger partial charge in [0, 0.05) is 22.8 Å². The fourth-order valence-electron chi connectivity index (χ4n) is 4.71. The lowest BCUT2D eigenvalue weighted by Crippen LogP contribution is -2.31. The minimum Gasteiger partial charge on any atom is -0.452 e. The lowest BCUT2D eigenvalue weighted by atomic mass is 9.68. The van der Waals surface area contributed by atoms with Gasteiger partial charge in [0.15, 0.2) is 6.61 Å². The summed E-state index contributed by atoms with van der Waals surface area (Å²) in [6.07, 6.45) is 3.46. The molecule has 1 aromatic heterocycles. The summed E-state index contributed by atoms with van der Waals surface area (Å²) in [4.78, 5) is 40.6. The third-order valence-electron chi connectivity index (χ3n) is 7.24. The Morgan fingerprint density at radius 1 is 1.25 bits per heavy atom. The normalized spacial score (nSPS) is 15.3. The summed E-state index contributed by atoms with van der Waals surface area (Å²) in [6, 6.07) is 10.4. The van der Waals surface area contributed by atoms with Crippen molar-refractivity contribution in [2.45, 2.75) is 46.5 Å². The molecule has 188 valence electrons. The number of nitro benzene ring substituents is 1. The van der Waals surface area contributed by atoms with Crippen molar-refractivity contribution in [1.82, 2.24) is 4.98 Å².